The molecular weight excluding hydrogens is 309 g/mol. The predicted octanol–water partition coefficient (Wildman–Crippen LogP) is 4.63. The van der Waals surface area contributed by atoms with Gasteiger partial charge in [-0.05, 0) is 49.4 Å². The van der Waals surface area contributed by atoms with Crippen LogP contribution in [0.4, 0.5) is 21.9 Å². The smallest absolute Gasteiger partial charge is 0.326 e. The zero-order chi connectivity index (χ0) is 15.4. The van der Waals surface area contributed by atoms with E-state index in [1.54, 1.807) is 47.4 Å². The van der Waals surface area contributed by atoms with Crippen molar-refractivity contribution >= 4 is 46.3 Å². The molecule has 0 atom stereocenters. The number of carbonyl (C=O) groups excluding carboxylic acids is 1. The average Bonchev–Trinajstić information content (AvgIpc) is 2.46. The third-order valence-corrected chi connectivity index (χ3v) is 3.50. The van der Waals surface area contributed by atoms with Crippen LogP contribution < -0.4 is 16.0 Å². The van der Waals surface area contributed by atoms with E-state index in [2.05, 4.69) is 5.32 Å². The molecule has 0 saturated heterocycles. The minimum absolute atomic E-state index is 0.286. The topological polar surface area (TPSA) is 58.4 Å². The van der Waals surface area contributed by atoms with Crippen molar-refractivity contribution in [3.8, 4) is 0 Å². The van der Waals surface area contributed by atoms with Gasteiger partial charge in [0.1, 0.15) is 0 Å². The molecule has 0 aromatic heterocycles. The van der Waals surface area contributed by atoms with E-state index in [1.807, 2.05) is 6.92 Å². The number of urea groups is 1. The molecule has 0 saturated carbocycles. The molecule has 0 aliphatic carbocycles. The van der Waals surface area contributed by atoms with Crippen LogP contribution in [0.2, 0.25) is 10.0 Å². The van der Waals surface area contributed by atoms with Crippen molar-refractivity contribution in [3.63, 3.8) is 0 Å². The van der Waals surface area contributed by atoms with Crippen LogP contribution in [0.5, 0.6) is 0 Å². The van der Waals surface area contributed by atoms with Crippen molar-refractivity contribution in [1.82, 2.24) is 0 Å². The van der Waals surface area contributed by atoms with Crippen LogP contribution >= 0.6 is 23.2 Å². The normalized spacial score (nSPS) is 10.2. The molecule has 2 aromatic rings. The van der Waals surface area contributed by atoms with E-state index in [0.29, 0.717) is 28.0 Å². The molecule has 0 radical (unpaired) electrons. The fraction of sp³-hybridized carbons (Fsp3) is 0.133. The van der Waals surface area contributed by atoms with E-state index in [0.717, 1.165) is 5.69 Å². The van der Waals surface area contributed by atoms with Gasteiger partial charge >= 0.3 is 6.03 Å². The summed E-state index contributed by atoms with van der Waals surface area (Å²) in [6.45, 7) is 2.39. The maximum Gasteiger partial charge on any atom is 0.326 e. The van der Waals surface area contributed by atoms with Gasteiger partial charge in [-0.25, -0.2) is 4.79 Å². The van der Waals surface area contributed by atoms with Crippen LogP contribution in [0.25, 0.3) is 0 Å². The fourth-order valence-electron chi connectivity index (χ4n) is 1.87. The van der Waals surface area contributed by atoms with Crippen molar-refractivity contribution in [2.45, 2.75) is 6.92 Å². The first kappa shape index (κ1) is 15.5. The van der Waals surface area contributed by atoms with E-state index < -0.39 is 0 Å². The Morgan fingerprint density at radius 3 is 2.48 bits per heavy atom. The number of nitrogens with two attached hydrogens (primary N) is 1. The van der Waals surface area contributed by atoms with Gasteiger partial charge in [-0.15, -0.1) is 0 Å². The highest BCUT2D eigenvalue weighted by Crippen LogP contribution is 2.26. The molecule has 0 spiro atoms. The van der Waals surface area contributed by atoms with Crippen LogP contribution in [0, 0.1) is 0 Å². The lowest BCUT2D eigenvalue weighted by Crippen LogP contribution is -2.34. The number of benzene rings is 2. The van der Waals surface area contributed by atoms with Crippen molar-refractivity contribution in [3.05, 3.63) is 52.5 Å². The molecule has 2 amide bonds. The maximum atomic E-state index is 12.4. The molecule has 0 heterocycles. The second kappa shape index (κ2) is 6.70. The van der Waals surface area contributed by atoms with Gasteiger partial charge in [0.25, 0.3) is 0 Å². The van der Waals surface area contributed by atoms with Gasteiger partial charge in [-0.3, -0.25) is 4.90 Å². The summed E-state index contributed by atoms with van der Waals surface area (Å²) >= 11 is 12.0. The second-order valence-corrected chi connectivity index (χ2v) is 5.23. The summed E-state index contributed by atoms with van der Waals surface area (Å²) in [5, 5.41) is 3.69. The number of rotatable bonds is 3. The molecule has 0 aliphatic heterocycles. The first-order valence-electron chi connectivity index (χ1n) is 6.40. The van der Waals surface area contributed by atoms with Gasteiger partial charge in [0, 0.05) is 22.9 Å². The minimum atomic E-state index is -0.286. The standard InChI is InChI=1S/C15H15Cl2N3O/c1-2-20(12-6-4-11(18)5-7-12)15(21)19-14-9-10(16)3-8-13(14)17/h3-9H,2,18H2,1H3,(H,19,21). The van der Waals surface area contributed by atoms with Crippen LogP contribution in [0.3, 0.4) is 0 Å². The number of carbonyl (C=O) groups is 1. The summed E-state index contributed by atoms with van der Waals surface area (Å²) in [4.78, 5) is 14.0. The van der Waals surface area contributed by atoms with E-state index >= 15 is 0 Å². The SMILES string of the molecule is CCN(C(=O)Nc1cc(Cl)ccc1Cl)c1ccc(N)cc1. The van der Waals surface area contributed by atoms with E-state index in [1.165, 1.54) is 0 Å². The number of hydrogen-bond donors (Lipinski definition) is 2. The van der Waals surface area contributed by atoms with Gasteiger partial charge in [0.05, 0.1) is 10.7 Å². The van der Waals surface area contributed by atoms with Crippen molar-refractivity contribution in [2.75, 3.05) is 22.5 Å². The van der Waals surface area contributed by atoms with Gasteiger partial charge in [0.15, 0.2) is 0 Å². The Kier molecular flexibility index (Phi) is 4.94. The highest BCUT2D eigenvalue weighted by atomic mass is 35.5. The summed E-state index contributed by atoms with van der Waals surface area (Å²) in [6, 6.07) is 11.7. The summed E-state index contributed by atoms with van der Waals surface area (Å²) in [5.74, 6) is 0. The van der Waals surface area contributed by atoms with Crippen molar-refractivity contribution in [1.29, 1.82) is 0 Å². The van der Waals surface area contributed by atoms with Crippen LogP contribution in [0.15, 0.2) is 42.5 Å². The summed E-state index contributed by atoms with van der Waals surface area (Å²) in [7, 11) is 0. The molecule has 4 nitrogen and oxygen atoms in total. The fourth-order valence-corrected chi connectivity index (χ4v) is 2.21. The number of hydrogen-bond acceptors (Lipinski definition) is 2. The Hall–Kier alpha value is -1.91. The van der Waals surface area contributed by atoms with E-state index in [4.69, 9.17) is 28.9 Å². The number of nitrogens with zero attached hydrogens (tertiary/aromatic N) is 1. The third kappa shape index (κ3) is 3.80. The molecule has 0 unspecified atom stereocenters. The van der Waals surface area contributed by atoms with E-state index in [9.17, 15) is 4.79 Å². The lowest BCUT2D eigenvalue weighted by Gasteiger charge is -2.22. The van der Waals surface area contributed by atoms with Gasteiger partial charge < -0.3 is 11.1 Å². The molecule has 6 heteroatoms. The number of anilines is 3. The molecule has 0 bridgehead atoms. The number of nitrogens with one attached hydrogen (secondary N) is 1. The molecule has 3 N–H and O–H groups in total. The second-order valence-electron chi connectivity index (χ2n) is 4.39. The largest absolute Gasteiger partial charge is 0.399 e. The Morgan fingerprint density at radius 1 is 1.19 bits per heavy atom. The number of amides is 2. The average molecular weight is 324 g/mol. The van der Waals surface area contributed by atoms with Crippen molar-refractivity contribution < 1.29 is 4.79 Å². The quantitative estimate of drug-likeness (QED) is 0.809. The highest BCUT2D eigenvalue weighted by Gasteiger charge is 2.15. The molecule has 2 aromatic carbocycles. The van der Waals surface area contributed by atoms with Crippen LogP contribution in [-0.4, -0.2) is 12.6 Å². The first-order chi connectivity index (χ1) is 10.0. The predicted molar refractivity (Wildman–Crippen MR) is 89.4 cm³/mol. The molecule has 0 aliphatic rings. The van der Waals surface area contributed by atoms with E-state index in [-0.39, 0.29) is 6.03 Å². The molecule has 110 valence electrons. The Morgan fingerprint density at radius 2 is 1.86 bits per heavy atom. The van der Waals surface area contributed by atoms with Gasteiger partial charge in [-0.1, -0.05) is 23.2 Å². The summed E-state index contributed by atoms with van der Waals surface area (Å²) in [5.41, 5.74) is 7.53. The van der Waals surface area contributed by atoms with Crippen molar-refractivity contribution in [2.24, 2.45) is 0 Å². The third-order valence-electron chi connectivity index (χ3n) is 2.94. The van der Waals surface area contributed by atoms with Gasteiger partial charge in [-0.2, -0.15) is 0 Å². The minimum Gasteiger partial charge on any atom is -0.399 e. The lowest BCUT2D eigenvalue weighted by atomic mass is 10.2. The zero-order valence-electron chi connectivity index (χ0n) is 11.4. The summed E-state index contributed by atoms with van der Waals surface area (Å²) in [6.07, 6.45) is 0. The lowest BCUT2D eigenvalue weighted by molar-refractivity contribution is 0.257. The molecule has 2 rings (SSSR count). The first-order valence-corrected chi connectivity index (χ1v) is 7.16. The zero-order valence-corrected chi connectivity index (χ0v) is 12.9. The maximum absolute atomic E-state index is 12.4. The Balaban J connectivity index is 2.20. The number of halogens is 2. The Bertz CT molecular complexity index is 644. The monoisotopic (exact) mass is 323 g/mol. The van der Waals surface area contributed by atoms with Gasteiger partial charge in [0.2, 0.25) is 0 Å². The molecule has 0 fully saturated rings. The molecule has 21 heavy (non-hydrogen) atoms. The summed E-state index contributed by atoms with van der Waals surface area (Å²) < 4.78 is 0. The Labute approximate surface area is 133 Å². The van der Waals surface area contributed by atoms with Crippen LogP contribution in [-0.2, 0) is 0 Å². The molecular formula is C15H15Cl2N3O. The highest BCUT2D eigenvalue weighted by molar-refractivity contribution is 6.35. The number of nitrogen functional groups attached to an aromatic ring is 1. The van der Waals surface area contributed by atoms with Crippen LogP contribution in [0.1, 0.15) is 6.92 Å².